The van der Waals surface area contributed by atoms with Crippen LogP contribution in [-0.4, -0.2) is 20.3 Å². The molecule has 0 bridgehead atoms. The maximum absolute atomic E-state index is 4.86. The molecule has 0 radical (unpaired) electrons. The van der Waals surface area contributed by atoms with E-state index in [1.165, 1.54) is 44.2 Å². The molecule has 92 valence electrons. The fourth-order valence-electron chi connectivity index (χ4n) is 2.48. The second kappa shape index (κ2) is 6.38. The van der Waals surface area contributed by atoms with Crippen molar-refractivity contribution in [2.24, 2.45) is 4.99 Å². The SMILES string of the molecule is C/C=C(/C1=NCCCCCCC1)[Si](C)(C)C. The summed E-state index contributed by atoms with van der Waals surface area (Å²) in [6.07, 6.45) is 10.3. The highest BCUT2D eigenvalue weighted by molar-refractivity contribution is 6.87. The van der Waals surface area contributed by atoms with Crippen molar-refractivity contribution in [2.75, 3.05) is 6.54 Å². The molecule has 0 aromatic rings. The van der Waals surface area contributed by atoms with Gasteiger partial charge in [-0.2, -0.15) is 0 Å². The van der Waals surface area contributed by atoms with Crippen LogP contribution in [0.2, 0.25) is 19.6 Å². The van der Waals surface area contributed by atoms with Crippen LogP contribution in [0.5, 0.6) is 0 Å². The Morgan fingerprint density at radius 1 is 1.06 bits per heavy atom. The van der Waals surface area contributed by atoms with E-state index in [4.69, 9.17) is 4.99 Å². The predicted octanol–water partition coefficient (Wildman–Crippen LogP) is 4.61. The molecule has 0 aliphatic carbocycles. The molecular weight excluding hydrogens is 210 g/mol. The third-order valence-corrected chi connectivity index (χ3v) is 5.48. The first-order valence-electron chi connectivity index (χ1n) is 6.76. The van der Waals surface area contributed by atoms with Crippen LogP contribution in [0.1, 0.15) is 45.4 Å². The zero-order valence-corrected chi connectivity index (χ0v) is 12.5. The Morgan fingerprint density at radius 3 is 2.31 bits per heavy atom. The summed E-state index contributed by atoms with van der Waals surface area (Å²) in [4.78, 5) is 4.86. The minimum atomic E-state index is -1.20. The standard InChI is InChI=1S/C14H27NSi/c1-5-14(16(2,3)4)13-11-9-7-6-8-10-12-15-13/h5H,6-12H2,1-4H3/b14-5-,15-13?. The highest BCUT2D eigenvalue weighted by atomic mass is 28.3. The normalized spacial score (nSPS) is 20.8. The van der Waals surface area contributed by atoms with E-state index in [-0.39, 0.29) is 0 Å². The third-order valence-electron chi connectivity index (χ3n) is 3.28. The van der Waals surface area contributed by atoms with Crippen LogP contribution in [0.25, 0.3) is 0 Å². The number of hydrogen-bond donors (Lipinski definition) is 0. The molecule has 16 heavy (non-hydrogen) atoms. The zero-order chi connectivity index (χ0) is 12.0. The lowest BCUT2D eigenvalue weighted by Gasteiger charge is -2.22. The highest BCUT2D eigenvalue weighted by Crippen LogP contribution is 2.21. The summed E-state index contributed by atoms with van der Waals surface area (Å²) in [5.74, 6) is 0. The van der Waals surface area contributed by atoms with E-state index in [0.717, 1.165) is 6.54 Å². The monoisotopic (exact) mass is 237 g/mol. The first-order valence-corrected chi connectivity index (χ1v) is 10.3. The molecule has 1 nitrogen and oxygen atoms in total. The van der Waals surface area contributed by atoms with Gasteiger partial charge in [0.2, 0.25) is 0 Å². The van der Waals surface area contributed by atoms with Crippen LogP contribution in [-0.2, 0) is 0 Å². The molecule has 0 aromatic heterocycles. The van der Waals surface area contributed by atoms with E-state index in [9.17, 15) is 0 Å². The summed E-state index contributed by atoms with van der Waals surface area (Å²) in [6.45, 7) is 10.5. The van der Waals surface area contributed by atoms with Crippen LogP contribution in [0.3, 0.4) is 0 Å². The minimum Gasteiger partial charge on any atom is -0.290 e. The summed E-state index contributed by atoms with van der Waals surface area (Å²) >= 11 is 0. The van der Waals surface area contributed by atoms with E-state index in [0.29, 0.717) is 0 Å². The van der Waals surface area contributed by atoms with Gasteiger partial charge in [0.15, 0.2) is 0 Å². The second-order valence-corrected chi connectivity index (χ2v) is 10.8. The minimum absolute atomic E-state index is 1.05. The summed E-state index contributed by atoms with van der Waals surface area (Å²) < 4.78 is 0. The Hall–Kier alpha value is -0.373. The average molecular weight is 237 g/mol. The molecule has 0 amide bonds. The Bertz CT molecular complexity index is 271. The van der Waals surface area contributed by atoms with Gasteiger partial charge in [0.25, 0.3) is 0 Å². The van der Waals surface area contributed by atoms with Crippen molar-refractivity contribution in [2.45, 2.75) is 65.1 Å². The van der Waals surface area contributed by atoms with Gasteiger partial charge in [-0.3, -0.25) is 4.99 Å². The van der Waals surface area contributed by atoms with Gasteiger partial charge in [0, 0.05) is 12.3 Å². The molecule has 0 N–H and O–H groups in total. The van der Waals surface area contributed by atoms with Crippen LogP contribution in [0.4, 0.5) is 0 Å². The first kappa shape index (κ1) is 13.7. The van der Waals surface area contributed by atoms with Gasteiger partial charge in [0.1, 0.15) is 0 Å². The fourth-order valence-corrected chi connectivity index (χ4v) is 4.42. The molecule has 1 rings (SSSR count). The lowest BCUT2D eigenvalue weighted by atomic mass is 10.1. The molecule has 0 saturated heterocycles. The van der Waals surface area contributed by atoms with E-state index in [1.807, 2.05) is 0 Å². The second-order valence-electron chi connectivity index (χ2n) is 5.80. The molecule has 0 atom stereocenters. The summed E-state index contributed by atoms with van der Waals surface area (Å²) in [6, 6.07) is 0. The van der Waals surface area contributed by atoms with Crippen molar-refractivity contribution in [1.82, 2.24) is 0 Å². The molecule has 0 unspecified atom stereocenters. The van der Waals surface area contributed by atoms with Gasteiger partial charge in [-0.25, -0.2) is 0 Å². The molecule has 0 aromatic carbocycles. The van der Waals surface area contributed by atoms with Crippen LogP contribution < -0.4 is 0 Å². The van der Waals surface area contributed by atoms with E-state index < -0.39 is 8.07 Å². The number of nitrogens with zero attached hydrogens (tertiary/aromatic N) is 1. The third kappa shape index (κ3) is 4.24. The van der Waals surface area contributed by atoms with Gasteiger partial charge >= 0.3 is 0 Å². The summed E-state index contributed by atoms with van der Waals surface area (Å²) in [5, 5.41) is 1.59. The first-order chi connectivity index (χ1) is 7.55. The van der Waals surface area contributed by atoms with Crippen molar-refractivity contribution in [3.63, 3.8) is 0 Å². The Labute approximate surface area is 102 Å². The average Bonchev–Trinajstić information content (AvgIpc) is 2.30. The lowest BCUT2D eigenvalue weighted by molar-refractivity contribution is 0.639. The summed E-state index contributed by atoms with van der Waals surface area (Å²) in [7, 11) is -1.20. The number of allylic oxidation sites excluding steroid dienone is 2. The molecule has 1 aliphatic heterocycles. The molecule has 1 heterocycles. The largest absolute Gasteiger partial charge is 0.290 e. The van der Waals surface area contributed by atoms with Gasteiger partial charge in [0.05, 0.1) is 8.07 Å². The van der Waals surface area contributed by atoms with Crippen LogP contribution >= 0.6 is 0 Å². The van der Waals surface area contributed by atoms with Crippen molar-refractivity contribution < 1.29 is 0 Å². The van der Waals surface area contributed by atoms with E-state index >= 15 is 0 Å². The predicted molar refractivity (Wildman–Crippen MR) is 77.1 cm³/mol. The zero-order valence-electron chi connectivity index (χ0n) is 11.5. The molecule has 1 aliphatic rings. The number of aliphatic imine (C=N–C) groups is 1. The van der Waals surface area contributed by atoms with Crippen molar-refractivity contribution in [3.05, 3.63) is 11.3 Å². The number of rotatable bonds is 2. The maximum Gasteiger partial charge on any atom is 0.0795 e. The molecule has 2 heteroatoms. The van der Waals surface area contributed by atoms with Crippen molar-refractivity contribution in [1.29, 1.82) is 0 Å². The van der Waals surface area contributed by atoms with Crippen molar-refractivity contribution in [3.8, 4) is 0 Å². The Balaban J connectivity index is 2.81. The quantitative estimate of drug-likeness (QED) is 0.622. The molecule has 0 fully saturated rings. The van der Waals surface area contributed by atoms with Gasteiger partial charge < -0.3 is 0 Å². The number of hydrogen-bond acceptors (Lipinski definition) is 1. The summed E-state index contributed by atoms with van der Waals surface area (Å²) in [5.41, 5.74) is 1.43. The van der Waals surface area contributed by atoms with Gasteiger partial charge in [-0.05, 0) is 31.4 Å². The molecule has 0 saturated carbocycles. The Morgan fingerprint density at radius 2 is 1.69 bits per heavy atom. The topological polar surface area (TPSA) is 12.4 Å². The van der Waals surface area contributed by atoms with E-state index in [1.54, 1.807) is 5.20 Å². The molecule has 0 spiro atoms. The van der Waals surface area contributed by atoms with Crippen LogP contribution in [0.15, 0.2) is 16.3 Å². The maximum atomic E-state index is 4.86. The smallest absolute Gasteiger partial charge is 0.0795 e. The Kier molecular flexibility index (Phi) is 5.46. The van der Waals surface area contributed by atoms with Crippen molar-refractivity contribution >= 4 is 13.8 Å². The lowest BCUT2D eigenvalue weighted by Crippen LogP contribution is -2.29. The van der Waals surface area contributed by atoms with Gasteiger partial charge in [-0.1, -0.05) is 45.0 Å². The highest BCUT2D eigenvalue weighted by Gasteiger charge is 2.22. The van der Waals surface area contributed by atoms with Gasteiger partial charge in [-0.15, -0.1) is 0 Å². The van der Waals surface area contributed by atoms with Crippen LogP contribution in [0, 0.1) is 0 Å². The van der Waals surface area contributed by atoms with E-state index in [2.05, 4.69) is 32.6 Å². The fraction of sp³-hybridized carbons (Fsp3) is 0.786. The molecular formula is C14H27NSi.